The molecule has 1 aliphatic carbocycles. The van der Waals surface area contributed by atoms with Crippen LogP contribution in [0.2, 0.25) is 0 Å². The van der Waals surface area contributed by atoms with E-state index in [1.807, 2.05) is 18.2 Å². The number of carbonyl (C=O) groups excluding carboxylic acids is 1. The molecule has 6 rings (SSSR count). The average Bonchev–Trinajstić information content (AvgIpc) is 3.25. The molecule has 3 saturated heterocycles. The Bertz CT molecular complexity index is 869. The van der Waals surface area contributed by atoms with Gasteiger partial charge in [-0.3, -0.25) is 4.90 Å². The third kappa shape index (κ3) is 3.16. The number of carbonyl (C=O) groups is 1. The second kappa shape index (κ2) is 7.49. The first-order valence-corrected chi connectivity index (χ1v) is 11.6. The predicted molar refractivity (Wildman–Crippen MR) is 113 cm³/mol. The maximum Gasteiger partial charge on any atom is 0.318 e. The molecule has 3 fully saturated rings. The van der Waals surface area contributed by atoms with Gasteiger partial charge in [0, 0.05) is 25.7 Å². The molecule has 30 heavy (non-hydrogen) atoms. The van der Waals surface area contributed by atoms with E-state index in [0.717, 1.165) is 49.0 Å². The second-order valence-electron chi connectivity index (χ2n) is 9.55. The highest BCUT2D eigenvalue weighted by atomic mass is 16.7. The van der Waals surface area contributed by atoms with Gasteiger partial charge in [-0.25, -0.2) is 4.79 Å². The van der Waals surface area contributed by atoms with Gasteiger partial charge in [0.15, 0.2) is 11.5 Å². The number of hydrogen-bond donors (Lipinski definition) is 1. The quantitative estimate of drug-likeness (QED) is 0.760. The molecule has 6 nitrogen and oxygen atoms in total. The van der Waals surface area contributed by atoms with E-state index >= 15 is 0 Å². The minimum atomic E-state index is 0.0717. The smallest absolute Gasteiger partial charge is 0.318 e. The number of ether oxygens (including phenoxy) is 2. The van der Waals surface area contributed by atoms with Crippen LogP contribution in [0.5, 0.6) is 11.5 Å². The molecule has 0 unspecified atom stereocenters. The largest absolute Gasteiger partial charge is 0.454 e. The number of likely N-dealkylation sites (tertiary alicyclic amines) is 1. The summed E-state index contributed by atoms with van der Waals surface area (Å²) in [5.41, 5.74) is 2.57. The van der Waals surface area contributed by atoms with Gasteiger partial charge in [-0.1, -0.05) is 24.1 Å². The van der Waals surface area contributed by atoms with Crippen molar-refractivity contribution in [3.8, 4) is 11.5 Å². The van der Waals surface area contributed by atoms with Gasteiger partial charge in [0.05, 0.1) is 6.04 Å². The standard InChI is InChI=1S/C24H31N3O3/c28-24(25-13-16-6-7-21-22(10-16)30-15-29-21)27-9-3-4-17-11-18-12-19(23(17)27)14-26-8-2-1-5-20(18)26/h6-7,10-11,18-20,23H,1-5,8-9,12-15H2,(H,25,28)/t18-,19+,20-,23-/m1/s1. The molecule has 2 bridgehead atoms. The lowest BCUT2D eigenvalue weighted by Crippen LogP contribution is -2.61. The summed E-state index contributed by atoms with van der Waals surface area (Å²) in [7, 11) is 0. The molecule has 1 N–H and O–H groups in total. The Balaban J connectivity index is 1.17. The molecule has 5 aliphatic rings. The fourth-order valence-electron chi connectivity index (χ4n) is 6.53. The fraction of sp³-hybridized carbons (Fsp3) is 0.625. The molecule has 6 heteroatoms. The second-order valence-corrected chi connectivity index (χ2v) is 9.55. The van der Waals surface area contributed by atoms with Crippen molar-refractivity contribution >= 4 is 6.03 Å². The van der Waals surface area contributed by atoms with Crippen LogP contribution in [0.25, 0.3) is 0 Å². The first-order valence-electron chi connectivity index (χ1n) is 11.6. The molecule has 160 valence electrons. The number of nitrogens with zero attached hydrogens (tertiary/aromatic N) is 2. The van der Waals surface area contributed by atoms with Crippen molar-refractivity contribution in [3.05, 3.63) is 35.4 Å². The van der Waals surface area contributed by atoms with Crippen molar-refractivity contribution < 1.29 is 14.3 Å². The third-order valence-corrected chi connectivity index (χ3v) is 7.80. The third-order valence-electron chi connectivity index (χ3n) is 7.80. The fourth-order valence-corrected chi connectivity index (χ4v) is 6.53. The van der Waals surface area contributed by atoms with Crippen LogP contribution in [0.15, 0.2) is 29.8 Å². The van der Waals surface area contributed by atoms with Gasteiger partial charge in [0.1, 0.15) is 0 Å². The van der Waals surface area contributed by atoms with Crippen LogP contribution in [0.4, 0.5) is 4.79 Å². The molecule has 4 atom stereocenters. The molecule has 0 saturated carbocycles. The molecule has 4 heterocycles. The van der Waals surface area contributed by atoms with Crippen molar-refractivity contribution in [2.45, 2.75) is 57.2 Å². The average molecular weight is 410 g/mol. The van der Waals surface area contributed by atoms with Crippen LogP contribution in [0.3, 0.4) is 0 Å². The highest BCUT2D eigenvalue weighted by Gasteiger charge is 2.46. The highest BCUT2D eigenvalue weighted by molar-refractivity contribution is 5.75. The van der Waals surface area contributed by atoms with Crippen molar-refractivity contribution in [2.75, 3.05) is 26.4 Å². The number of rotatable bonds is 2. The first-order chi connectivity index (χ1) is 14.8. The monoisotopic (exact) mass is 409 g/mol. The van der Waals surface area contributed by atoms with Crippen molar-refractivity contribution in [1.82, 2.24) is 15.1 Å². The Hall–Kier alpha value is -2.21. The van der Waals surface area contributed by atoms with E-state index in [1.54, 1.807) is 0 Å². The highest BCUT2D eigenvalue weighted by Crippen LogP contribution is 2.45. The van der Waals surface area contributed by atoms with Gasteiger partial charge in [-0.15, -0.1) is 0 Å². The SMILES string of the molecule is O=C(NCc1ccc2c(c1)OCO2)N1CCCC2=C[C@@H]3C[C@@H](CN4CCCC[C@H]34)[C@@H]21. The number of urea groups is 1. The maximum atomic E-state index is 13.2. The van der Waals surface area contributed by atoms with E-state index in [1.165, 1.54) is 37.8 Å². The Morgan fingerprint density at radius 2 is 2.07 bits per heavy atom. The molecule has 0 radical (unpaired) electrons. The summed E-state index contributed by atoms with van der Waals surface area (Å²) in [6, 6.07) is 6.99. The summed E-state index contributed by atoms with van der Waals surface area (Å²) in [6.45, 7) is 4.05. The lowest BCUT2D eigenvalue weighted by Gasteiger charge is -2.54. The molecule has 0 spiro atoms. The topological polar surface area (TPSA) is 54.0 Å². The number of piperidine rings is 3. The van der Waals surface area contributed by atoms with Crippen LogP contribution in [0.1, 0.15) is 44.1 Å². The Kier molecular flexibility index (Phi) is 4.63. The van der Waals surface area contributed by atoms with Crippen molar-refractivity contribution in [2.24, 2.45) is 11.8 Å². The maximum absolute atomic E-state index is 13.2. The van der Waals surface area contributed by atoms with E-state index in [9.17, 15) is 4.79 Å². The van der Waals surface area contributed by atoms with E-state index in [0.29, 0.717) is 18.4 Å². The first kappa shape index (κ1) is 18.6. The van der Waals surface area contributed by atoms with E-state index in [2.05, 4.69) is 21.2 Å². The van der Waals surface area contributed by atoms with Gasteiger partial charge < -0.3 is 19.7 Å². The van der Waals surface area contributed by atoms with Gasteiger partial charge in [-0.05, 0) is 68.2 Å². The summed E-state index contributed by atoms with van der Waals surface area (Å²) in [6.07, 6.45) is 10.1. The van der Waals surface area contributed by atoms with Crippen LogP contribution < -0.4 is 14.8 Å². The van der Waals surface area contributed by atoms with Gasteiger partial charge in [0.2, 0.25) is 6.79 Å². The van der Waals surface area contributed by atoms with Gasteiger partial charge >= 0.3 is 6.03 Å². The van der Waals surface area contributed by atoms with E-state index in [-0.39, 0.29) is 18.9 Å². The molecule has 0 aromatic heterocycles. The lowest BCUT2D eigenvalue weighted by molar-refractivity contribution is 0.00788. The summed E-state index contributed by atoms with van der Waals surface area (Å²) >= 11 is 0. The summed E-state index contributed by atoms with van der Waals surface area (Å²) in [4.78, 5) is 18.1. The van der Waals surface area contributed by atoms with Crippen LogP contribution >= 0.6 is 0 Å². The van der Waals surface area contributed by atoms with E-state index < -0.39 is 0 Å². The zero-order chi connectivity index (χ0) is 20.1. The predicted octanol–water partition coefficient (Wildman–Crippen LogP) is 3.52. The minimum absolute atomic E-state index is 0.0717. The van der Waals surface area contributed by atoms with Gasteiger partial charge in [0.25, 0.3) is 0 Å². The zero-order valence-electron chi connectivity index (χ0n) is 17.5. The Morgan fingerprint density at radius 3 is 3.03 bits per heavy atom. The molecular formula is C24H31N3O3. The summed E-state index contributed by atoms with van der Waals surface area (Å²) < 4.78 is 10.8. The normalized spacial score (nSPS) is 32.1. The van der Waals surface area contributed by atoms with Crippen molar-refractivity contribution in [3.63, 3.8) is 0 Å². The molecule has 1 aromatic rings. The summed E-state index contributed by atoms with van der Waals surface area (Å²) in [5.74, 6) is 2.83. The zero-order valence-corrected chi connectivity index (χ0v) is 17.5. The molecule has 2 amide bonds. The number of benzene rings is 1. The molecule has 4 aliphatic heterocycles. The van der Waals surface area contributed by atoms with Crippen molar-refractivity contribution in [1.29, 1.82) is 0 Å². The van der Waals surface area contributed by atoms with Crippen LogP contribution in [-0.2, 0) is 6.54 Å². The van der Waals surface area contributed by atoms with E-state index in [4.69, 9.17) is 9.47 Å². The number of nitrogens with one attached hydrogen (secondary N) is 1. The van der Waals surface area contributed by atoms with Crippen LogP contribution in [0, 0.1) is 11.8 Å². The Labute approximate surface area is 178 Å². The molecule has 1 aromatic carbocycles. The lowest BCUT2D eigenvalue weighted by atomic mass is 9.68. The number of fused-ring (bicyclic) bond motifs is 7. The summed E-state index contributed by atoms with van der Waals surface area (Å²) in [5, 5.41) is 3.17. The minimum Gasteiger partial charge on any atom is -0.454 e. The Morgan fingerprint density at radius 1 is 1.13 bits per heavy atom. The van der Waals surface area contributed by atoms with Gasteiger partial charge in [-0.2, -0.15) is 0 Å². The number of hydrogen-bond acceptors (Lipinski definition) is 4. The van der Waals surface area contributed by atoms with Crippen LogP contribution in [-0.4, -0.2) is 54.3 Å². The molecular weight excluding hydrogens is 378 g/mol. The number of amides is 2.